The molecule has 1 saturated heterocycles. The number of rotatable bonds is 1. The summed E-state index contributed by atoms with van der Waals surface area (Å²) in [6.07, 6.45) is 5.95. The molecule has 0 aromatic heterocycles. The van der Waals surface area contributed by atoms with Crippen molar-refractivity contribution < 1.29 is 14.3 Å². The average molecular weight is 415 g/mol. The highest BCUT2D eigenvalue weighted by Gasteiger charge is 2.42. The Hall–Kier alpha value is -2.04. The molecule has 1 N–H and O–H groups in total. The Morgan fingerprint density at radius 1 is 1.17 bits per heavy atom. The van der Waals surface area contributed by atoms with Crippen molar-refractivity contribution in [1.82, 2.24) is 10.2 Å². The number of nitrogens with one attached hydrogen (secondary N) is 1. The zero-order valence-corrected chi connectivity index (χ0v) is 19.1. The Morgan fingerprint density at radius 3 is 2.57 bits per heavy atom. The lowest BCUT2D eigenvalue weighted by Gasteiger charge is -2.42. The number of aryl methyl sites for hydroxylation is 1. The third-order valence-corrected chi connectivity index (χ3v) is 6.43. The van der Waals surface area contributed by atoms with Crippen LogP contribution >= 0.6 is 0 Å². The Balaban J connectivity index is 1.68. The lowest BCUT2D eigenvalue weighted by molar-refractivity contribution is -0.142. The first kappa shape index (κ1) is 22.6. The van der Waals surface area contributed by atoms with Crippen LogP contribution in [0.4, 0.5) is 0 Å². The first-order chi connectivity index (χ1) is 14.2. The summed E-state index contributed by atoms with van der Waals surface area (Å²) in [6, 6.07) is 8.16. The summed E-state index contributed by atoms with van der Waals surface area (Å²) in [5.74, 6) is 1.28. The molecule has 1 fully saturated rings. The van der Waals surface area contributed by atoms with Crippen LogP contribution in [-0.2, 0) is 16.0 Å². The van der Waals surface area contributed by atoms with Gasteiger partial charge in [-0.1, -0.05) is 45.4 Å². The van der Waals surface area contributed by atoms with Gasteiger partial charge in [0.1, 0.15) is 12.4 Å². The second-order valence-corrected chi connectivity index (χ2v) is 10.4. The number of nitrogens with zero attached hydrogens (tertiary/aromatic N) is 1. The monoisotopic (exact) mass is 414 g/mol. The highest BCUT2D eigenvalue weighted by Crippen LogP contribution is 2.38. The van der Waals surface area contributed by atoms with Gasteiger partial charge in [0, 0.05) is 19.5 Å². The third kappa shape index (κ3) is 5.77. The number of ether oxygens (including phenoxy) is 1. The largest absolute Gasteiger partial charge is 0.491 e. The van der Waals surface area contributed by atoms with E-state index in [0.29, 0.717) is 26.1 Å². The van der Waals surface area contributed by atoms with Crippen molar-refractivity contribution in [3.8, 4) is 5.75 Å². The fourth-order valence-electron chi connectivity index (χ4n) is 4.60. The van der Waals surface area contributed by atoms with E-state index >= 15 is 0 Å². The molecule has 0 radical (unpaired) electrons. The summed E-state index contributed by atoms with van der Waals surface area (Å²) >= 11 is 0. The summed E-state index contributed by atoms with van der Waals surface area (Å²) in [6.45, 7) is 10.1. The summed E-state index contributed by atoms with van der Waals surface area (Å²) in [5, 5.41) is 3.20. The molecule has 1 aromatic rings. The number of benzene rings is 1. The number of hydrogen-bond acceptors (Lipinski definition) is 3. The summed E-state index contributed by atoms with van der Waals surface area (Å²) in [4.78, 5) is 27.9. The van der Waals surface area contributed by atoms with Crippen LogP contribution in [0.3, 0.4) is 0 Å². The van der Waals surface area contributed by atoms with Crippen LogP contribution in [0.1, 0.15) is 71.8 Å². The van der Waals surface area contributed by atoms with Gasteiger partial charge in [0.15, 0.2) is 0 Å². The van der Waals surface area contributed by atoms with Gasteiger partial charge in [-0.15, -0.1) is 0 Å². The van der Waals surface area contributed by atoms with Crippen LogP contribution in [0, 0.1) is 10.8 Å². The van der Waals surface area contributed by atoms with Crippen molar-refractivity contribution in [2.75, 3.05) is 19.7 Å². The van der Waals surface area contributed by atoms with Crippen molar-refractivity contribution >= 4 is 11.8 Å². The maximum Gasteiger partial charge on any atom is 0.226 e. The second kappa shape index (κ2) is 9.40. The van der Waals surface area contributed by atoms with Gasteiger partial charge >= 0.3 is 0 Å². The van der Waals surface area contributed by atoms with Gasteiger partial charge in [0.05, 0.1) is 11.5 Å². The number of para-hydroxylation sites is 1. The molecule has 5 nitrogen and oxygen atoms in total. The average Bonchev–Trinajstić information content (AvgIpc) is 2.68. The molecular formula is C25H38N2O3. The number of hydrogen-bond donors (Lipinski definition) is 1. The third-order valence-electron chi connectivity index (χ3n) is 6.43. The molecular weight excluding hydrogens is 376 g/mol. The topological polar surface area (TPSA) is 58.6 Å². The quantitative estimate of drug-likeness (QED) is 0.744. The first-order valence-corrected chi connectivity index (χ1v) is 11.5. The minimum atomic E-state index is -0.370. The Morgan fingerprint density at radius 2 is 1.87 bits per heavy atom. The smallest absolute Gasteiger partial charge is 0.226 e. The van der Waals surface area contributed by atoms with Gasteiger partial charge in [-0.3, -0.25) is 9.59 Å². The molecule has 0 unspecified atom stereocenters. The summed E-state index contributed by atoms with van der Waals surface area (Å²) < 4.78 is 6.02. The Kier molecular flexibility index (Phi) is 7.10. The van der Waals surface area contributed by atoms with Crippen LogP contribution in [-0.4, -0.2) is 42.5 Å². The molecule has 0 aliphatic carbocycles. The Bertz CT molecular complexity index is 745. The second-order valence-electron chi connectivity index (χ2n) is 10.4. The van der Waals surface area contributed by atoms with Crippen LogP contribution in [0.15, 0.2) is 24.3 Å². The van der Waals surface area contributed by atoms with Crippen molar-refractivity contribution in [3.05, 3.63) is 29.8 Å². The highest BCUT2D eigenvalue weighted by atomic mass is 16.5. The van der Waals surface area contributed by atoms with Crippen molar-refractivity contribution in [2.45, 2.75) is 78.7 Å². The van der Waals surface area contributed by atoms with Crippen LogP contribution in [0.25, 0.3) is 0 Å². The van der Waals surface area contributed by atoms with Gasteiger partial charge in [-0.05, 0) is 56.1 Å². The van der Waals surface area contributed by atoms with Gasteiger partial charge in [0.25, 0.3) is 0 Å². The van der Waals surface area contributed by atoms with Gasteiger partial charge in [0.2, 0.25) is 11.8 Å². The number of fused-ring (bicyclic) bond motifs is 1. The molecule has 1 spiro atoms. The zero-order chi connectivity index (χ0) is 21.8. The molecule has 1 aromatic carbocycles. The molecule has 5 heteroatoms. The van der Waals surface area contributed by atoms with E-state index in [2.05, 4.69) is 38.2 Å². The predicted molar refractivity (Wildman–Crippen MR) is 119 cm³/mol. The van der Waals surface area contributed by atoms with E-state index in [1.807, 2.05) is 24.0 Å². The van der Waals surface area contributed by atoms with E-state index in [9.17, 15) is 9.59 Å². The lowest BCUT2D eigenvalue weighted by atomic mass is 9.73. The molecule has 3 rings (SSSR count). The molecule has 0 bridgehead atoms. The van der Waals surface area contributed by atoms with E-state index < -0.39 is 0 Å². The fourth-order valence-corrected chi connectivity index (χ4v) is 4.60. The molecule has 2 aliphatic heterocycles. The number of piperidine rings is 1. The van der Waals surface area contributed by atoms with Gasteiger partial charge in [-0.25, -0.2) is 0 Å². The summed E-state index contributed by atoms with van der Waals surface area (Å²) in [5.41, 5.74) is 0.863. The number of carbonyl (C=O) groups is 2. The van der Waals surface area contributed by atoms with Crippen LogP contribution in [0.2, 0.25) is 0 Å². The maximum absolute atomic E-state index is 13.3. The predicted octanol–water partition coefficient (Wildman–Crippen LogP) is 4.34. The van der Waals surface area contributed by atoms with Crippen LogP contribution < -0.4 is 10.1 Å². The van der Waals surface area contributed by atoms with Gasteiger partial charge < -0.3 is 15.0 Å². The first-order valence-electron chi connectivity index (χ1n) is 11.5. The standard InChI is InChI=1S/C25H38N2O3/c1-19-18-30-21-11-6-5-9-20(21)10-7-8-12-25(23(29)26-19)13-15-27(16-14-25)22(28)17-24(2,3)4/h5-6,9,11,19H,7-8,10,12-18H2,1-4H3,(H,26,29)/t19-/m1/s1. The molecule has 2 aliphatic rings. The van der Waals surface area contributed by atoms with E-state index in [1.54, 1.807) is 0 Å². The number of carbonyl (C=O) groups excluding carboxylic acids is 2. The van der Waals surface area contributed by atoms with E-state index in [-0.39, 0.29) is 28.7 Å². The zero-order valence-electron chi connectivity index (χ0n) is 19.1. The Labute approximate surface area is 181 Å². The molecule has 2 amide bonds. The maximum atomic E-state index is 13.3. The van der Waals surface area contributed by atoms with Crippen LogP contribution in [0.5, 0.6) is 5.75 Å². The molecule has 1 atom stereocenters. The SMILES string of the molecule is C[C@@H]1COc2ccccc2CCCCC2(CCN(C(=O)CC(C)(C)C)CC2)C(=O)N1. The molecule has 166 valence electrons. The van der Waals surface area contributed by atoms with E-state index in [4.69, 9.17) is 4.74 Å². The van der Waals surface area contributed by atoms with E-state index in [1.165, 1.54) is 5.56 Å². The lowest BCUT2D eigenvalue weighted by Crippen LogP contribution is -2.52. The van der Waals surface area contributed by atoms with Crippen molar-refractivity contribution in [1.29, 1.82) is 0 Å². The molecule has 30 heavy (non-hydrogen) atoms. The van der Waals surface area contributed by atoms with Crippen molar-refractivity contribution in [2.24, 2.45) is 10.8 Å². The highest BCUT2D eigenvalue weighted by molar-refractivity contribution is 5.84. The normalized spacial score (nSPS) is 22.9. The minimum absolute atomic E-state index is 0.0114. The molecule has 0 saturated carbocycles. The van der Waals surface area contributed by atoms with E-state index in [0.717, 1.165) is 44.3 Å². The summed E-state index contributed by atoms with van der Waals surface area (Å²) in [7, 11) is 0. The molecule has 2 heterocycles. The fraction of sp³-hybridized carbons (Fsp3) is 0.680. The number of amides is 2. The minimum Gasteiger partial charge on any atom is -0.491 e. The van der Waals surface area contributed by atoms with Crippen molar-refractivity contribution in [3.63, 3.8) is 0 Å². The van der Waals surface area contributed by atoms with Gasteiger partial charge in [-0.2, -0.15) is 0 Å². The number of likely N-dealkylation sites (tertiary alicyclic amines) is 1.